The molecule has 0 saturated heterocycles. The van der Waals surface area contributed by atoms with Gasteiger partial charge < -0.3 is 10.1 Å². The summed E-state index contributed by atoms with van der Waals surface area (Å²) in [5, 5.41) is 11.9. The van der Waals surface area contributed by atoms with Crippen LogP contribution < -0.4 is 5.32 Å². The summed E-state index contributed by atoms with van der Waals surface area (Å²) in [5.41, 5.74) is 1.03. The second kappa shape index (κ2) is 7.71. The number of hydrogen-bond acceptors (Lipinski definition) is 5. The number of nitrogens with zero attached hydrogens (tertiary/aromatic N) is 4. The number of aromatic nitrogens is 3. The molecule has 0 bridgehead atoms. The maximum Gasteiger partial charge on any atom is 0.0964 e. The molecular weight excluding hydrogens is 254 g/mol. The van der Waals surface area contributed by atoms with Crippen LogP contribution in [0.15, 0.2) is 6.20 Å². The van der Waals surface area contributed by atoms with Crippen molar-refractivity contribution >= 4 is 0 Å². The van der Waals surface area contributed by atoms with Crippen molar-refractivity contribution in [1.29, 1.82) is 0 Å². The molecular formula is C14H27N5O. The van der Waals surface area contributed by atoms with Crippen molar-refractivity contribution in [2.75, 3.05) is 26.8 Å². The highest BCUT2D eigenvalue weighted by atomic mass is 16.5. The first-order valence-corrected chi connectivity index (χ1v) is 7.54. The Morgan fingerprint density at radius 2 is 2.25 bits per heavy atom. The molecule has 1 aliphatic carbocycles. The average molecular weight is 281 g/mol. The molecule has 0 atom stereocenters. The first kappa shape index (κ1) is 15.4. The van der Waals surface area contributed by atoms with E-state index in [-0.39, 0.29) is 0 Å². The smallest absolute Gasteiger partial charge is 0.0964 e. The molecule has 20 heavy (non-hydrogen) atoms. The van der Waals surface area contributed by atoms with Crippen LogP contribution in [0.4, 0.5) is 0 Å². The standard InChI is InChI=1S/C14H27N5O/c1-12(2)18(8-9-20-3)6-7-19-11-14(16-17-19)10-15-13-4-5-13/h11-13,15H,4-10H2,1-3H3. The van der Waals surface area contributed by atoms with Crippen LogP contribution in [0.25, 0.3) is 0 Å². The van der Waals surface area contributed by atoms with Gasteiger partial charge in [0.1, 0.15) is 0 Å². The van der Waals surface area contributed by atoms with Gasteiger partial charge in [0, 0.05) is 45.0 Å². The summed E-state index contributed by atoms with van der Waals surface area (Å²) in [6, 6.07) is 1.23. The zero-order valence-corrected chi connectivity index (χ0v) is 12.9. The van der Waals surface area contributed by atoms with Gasteiger partial charge in [-0.25, -0.2) is 0 Å². The van der Waals surface area contributed by atoms with Gasteiger partial charge in [-0.3, -0.25) is 9.58 Å². The van der Waals surface area contributed by atoms with Crippen molar-refractivity contribution < 1.29 is 4.74 Å². The molecule has 1 aromatic heterocycles. The number of ether oxygens (including phenoxy) is 1. The van der Waals surface area contributed by atoms with Crippen LogP contribution in [0.2, 0.25) is 0 Å². The van der Waals surface area contributed by atoms with E-state index in [2.05, 4.69) is 34.4 Å². The first-order chi connectivity index (χ1) is 9.69. The zero-order valence-electron chi connectivity index (χ0n) is 12.9. The second-order valence-electron chi connectivity index (χ2n) is 5.75. The Hall–Kier alpha value is -0.980. The lowest BCUT2D eigenvalue weighted by atomic mass is 10.3. The Balaban J connectivity index is 1.73. The lowest BCUT2D eigenvalue weighted by molar-refractivity contribution is 0.126. The van der Waals surface area contributed by atoms with Gasteiger partial charge in [-0.1, -0.05) is 5.21 Å². The second-order valence-corrected chi connectivity index (χ2v) is 5.75. The number of rotatable bonds is 10. The molecule has 0 unspecified atom stereocenters. The fourth-order valence-corrected chi connectivity index (χ4v) is 2.13. The van der Waals surface area contributed by atoms with Crippen molar-refractivity contribution in [2.45, 2.75) is 51.9 Å². The van der Waals surface area contributed by atoms with Crippen molar-refractivity contribution in [3.63, 3.8) is 0 Å². The largest absolute Gasteiger partial charge is 0.383 e. The zero-order chi connectivity index (χ0) is 14.4. The van der Waals surface area contributed by atoms with Crippen LogP contribution in [-0.4, -0.2) is 58.8 Å². The highest BCUT2D eigenvalue weighted by molar-refractivity contribution is 4.94. The highest BCUT2D eigenvalue weighted by Gasteiger charge is 2.20. The molecule has 6 nitrogen and oxygen atoms in total. The van der Waals surface area contributed by atoms with Gasteiger partial charge in [0.2, 0.25) is 0 Å². The van der Waals surface area contributed by atoms with Crippen molar-refractivity contribution in [1.82, 2.24) is 25.2 Å². The lowest BCUT2D eigenvalue weighted by Crippen LogP contribution is -2.36. The van der Waals surface area contributed by atoms with Gasteiger partial charge in [-0.2, -0.15) is 0 Å². The summed E-state index contributed by atoms with van der Waals surface area (Å²) in [7, 11) is 1.75. The third kappa shape index (κ3) is 5.19. The summed E-state index contributed by atoms with van der Waals surface area (Å²) < 4.78 is 7.09. The van der Waals surface area contributed by atoms with Gasteiger partial charge in [0.05, 0.1) is 18.8 Å². The molecule has 0 aliphatic heterocycles. The predicted molar refractivity (Wildman–Crippen MR) is 78.5 cm³/mol. The minimum absolute atomic E-state index is 0.518. The Morgan fingerprint density at radius 1 is 1.45 bits per heavy atom. The molecule has 0 spiro atoms. The number of hydrogen-bond donors (Lipinski definition) is 1. The van der Waals surface area contributed by atoms with E-state index in [1.165, 1.54) is 12.8 Å². The van der Waals surface area contributed by atoms with E-state index < -0.39 is 0 Å². The Kier molecular flexibility index (Phi) is 5.94. The normalized spacial score (nSPS) is 15.4. The Bertz CT molecular complexity index is 389. The average Bonchev–Trinajstić information content (AvgIpc) is 3.15. The third-order valence-electron chi connectivity index (χ3n) is 3.66. The van der Waals surface area contributed by atoms with Crippen LogP contribution >= 0.6 is 0 Å². The number of methoxy groups -OCH3 is 1. The van der Waals surface area contributed by atoms with Crippen molar-refractivity contribution in [3.05, 3.63) is 11.9 Å². The topological polar surface area (TPSA) is 55.2 Å². The van der Waals surface area contributed by atoms with Crippen LogP contribution in [0.1, 0.15) is 32.4 Å². The van der Waals surface area contributed by atoms with E-state index in [9.17, 15) is 0 Å². The maximum absolute atomic E-state index is 5.15. The fourth-order valence-electron chi connectivity index (χ4n) is 2.13. The van der Waals surface area contributed by atoms with Gasteiger partial charge in [0.15, 0.2) is 0 Å². The van der Waals surface area contributed by atoms with Crippen LogP contribution in [0, 0.1) is 0 Å². The Labute approximate surface area is 121 Å². The molecule has 0 amide bonds. The summed E-state index contributed by atoms with van der Waals surface area (Å²) in [5.74, 6) is 0. The summed E-state index contributed by atoms with van der Waals surface area (Å²) in [4.78, 5) is 2.40. The molecule has 0 radical (unpaired) electrons. The molecule has 114 valence electrons. The summed E-state index contributed by atoms with van der Waals surface area (Å²) >= 11 is 0. The SMILES string of the molecule is COCCN(CCn1cc(CNC2CC2)nn1)C(C)C. The van der Waals surface area contributed by atoms with Gasteiger partial charge in [-0.05, 0) is 26.7 Å². The Morgan fingerprint density at radius 3 is 2.90 bits per heavy atom. The van der Waals surface area contributed by atoms with Crippen LogP contribution in [0.5, 0.6) is 0 Å². The third-order valence-corrected chi connectivity index (χ3v) is 3.66. The van der Waals surface area contributed by atoms with Crippen LogP contribution in [0.3, 0.4) is 0 Å². The van der Waals surface area contributed by atoms with Crippen molar-refractivity contribution in [2.24, 2.45) is 0 Å². The quantitative estimate of drug-likeness (QED) is 0.690. The van der Waals surface area contributed by atoms with Crippen LogP contribution in [-0.2, 0) is 17.8 Å². The molecule has 1 aromatic rings. The molecule has 6 heteroatoms. The highest BCUT2D eigenvalue weighted by Crippen LogP contribution is 2.18. The summed E-state index contributed by atoms with van der Waals surface area (Å²) in [6.07, 6.45) is 4.65. The molecule has 1 heterocycles. The van der Waals surface area contributed by atoms with Gasteiger partial charge >= 0.3 is 0 Å². The molecule has 2 rings (SSSR count). The van der Waals surface area contributed by atoms with E-state index in [1.807, 2.05) is 10.9 Å². The minimum Gasteiger partial charge on any atom is -0.383 e. The minimum atomic E-state index is 0.518. The number of nitrogens with one attached hydrogen (secondary N) is 1. The van der Waals surface area contributed by atoms with Crippen molar-refractivity contribution in [3.8, 4) is 0 Å². The van der Waals surface area contributed by atoms with Gasteiger partial charge in [-0.15, -0.1) is 5.10 Å². The van der Waals surface area contributed by atoms with E-state index in [4.69, 9.17) is 4.74 Å². The molecule has 0 aromatic carbocycles. The fraction of sp³-hybridized carbons (Fsp3) is 0.857. The lowest BCUT2D eigenvalue weighted by Gasteiger charge is -2.25. The maximum atomic E-state index is 5.15. The van der Waals surface area contributed by atoms with E-state index >= 15 is 0 Å². The molecule has 1 fully saturated rings. The molecule has 1 aliphatic rings. The van der Waals surface area contributed by atoms with E-state index in [0.717, 1.165) is 38.5 Å². The van der Waals surface area contributed by atoms with E-state index in [1.54, 1.807) is 7.11 Å². The molecule has 1 N–H and O–H groups in total. The molecule has 1 saturated carbocycles. The first-order valence-electron chi connectivity index (χ1n) is 7.54. The van der Waals surface area contributed by atoms with E-state index in [0.29, 0.717) is 12.1 Å². The monoisotopic (exact) mass is 281 g/mol. The predicted octanol–water partition coefficient (Wildman–Crippen LogP) is 0.887. The summed E-state index contributed by atoms with van der Waals surface area (Å²) in [6.45, 7) is 8.83. The van der Waals surface area contributed by atoms with Gasteiger partial charge in [0.25, 0.3) is 0 Å².